The van der Waals surface area contributed by atoms with E-state index in [0.29, 0.717) is 28.4 Å². The van der Waals surface area contributed by atoms with Crippen LogP contribution in [0.1, 0.15) is 30.1 Å². The summed E-state index contributed by atoms with van der Waals surface area (Å²) in [4.78, 5) is 35.2. The first-order valence-corrected chi connectivity index (χ1v) is 8.59. The Kier molecular flexibility index (Phi) is 7.17. The Morgan fingerprint density at radius 1 is 0.846 bits per heavy atom. The number of nitrogens with one attached hydrogen (secondary N) is 3. The van der Waals surface area contributed by atoms with Gasteiger partial charge in [0, 0.05) is 41.3 Å². The summed E-state index contributed by atoms with van der Waals surface area (Å²) in [5, 5.41) is 8.71. The number of rotatable bonds is 7. The van der Waals surface area contributed by atoms with Gasteiger partial charge >= 0.3 is 0 Å². The van der Waals surface area contributed by atoms with Gasteiger partial charge in [0.2, 0.25) is 11.8 Å². The van der Waals surface area contributed by atoms with Crippen LogP contribution in [-0.2, 0) is 9.59 Å². The van der Waals surface area contributed by atoms with E-state index in [1.54, 1.807) is 55.5 Å². The molecule has 0 heterocycles. The van der Waals surface area contributed by atoms with Crippen molar-refractivity contribution in [3.8, 4) is 0 Å². The lowest BCUT2D eigenvalue weighted by molar-refractivity contribution is -0.116. The molecule has 2 aromatic carbocycles. The minimum Gasteiger partial charge on any atom is -0.352 e. The number of amides is 3. The number of benzene rings is 2. The zero-order chi connectivity index (χ0) is 18.9. The molecule has 0 aliphatic heterocycles. The highest BCUT2D eigenvalue weighted by molar-refractivity contribution is 6.30. The minimum absolute atomic E-state index is 0.0711. The van der Waals surface area contributed by atoms with Crippen molar-refractivity contribution >= 4 is 40.7 Å². The van der Waals surface area contributed by atoms with Crippen LogP contribution in [0.3, 0.4) is 0 Å². The lowest BCUT2D eigenvalue weighted by atomic mass is 10.2. The van der Waals surface area contributed by atoms with Gasteiger partial charge in [0.15, 0.2) is 0 Å². The van der Waals surface area contributed by atoms with Crippen LogP contribution in [0.25, 0.3) is 0 Å². The van der Waals surface area contributed by atoms with E-state index in [-0.39, 0.29) is 30.7 Å². The van der Waals surface area contributed by atoms with Crippen molar-refractivity contribution in [2.24, 2.45) is 0 Å². The zero-order valence-electron chi connectivity index (χ0n) is 14.3. The maximum absolute atomic E-state index is 11.9. The summed E-state index contributed by atoms with van der Waals surface area (Å²) in [6.45, 7) is 1.99. The molecule has 0 saturated heterocycles. The van der Waals surface area contributed by atoms with Crippen molar-refractivity contribution in [1.29, 1.82) is 0 Å². The second kappa shape index (κ2) is 9.58. The lowest BCUT2D eigenvalue weighted by Crippen LogP contribution is -2.27. The van der Waals surface area contributed by atoms with E-state index in [4.69, 9.17) is 11.6 Å². The van der Waals surface area contributed by atoms with Crippen LogP contribution < -0.4 is 16.0 Å². The van der Waals surface area contributed by atoms with E-state index in [2.05, 4.69) is 16.0 Å². The smallest absolute Gasteiger partial charge is 0.251 e. The summed E-state index contributed by atoms with van der Waals surface area (Å²) in [5.41, 5.74) is 1.78. The summed E-state index contributed by atoms with van der Waals surface area (Å²) < 4.78 is 0. The fourth-order valence-electron chi connectivity index (χ4n) is 2.10. The van der Waals surface area contributed by atoms with E-state index in [9.17, 15) is 14.4 Å². The Bertz CT molecular complexity index is 774. The van der Waals surface area contributed by atoms with Crippen LogP contribution in [-0.4, -0.2) is 24.3 Å². The number of halogens is 1. The van der Waals surface area contributed by atoms with E-state index in [0.717, 1.165) is 0 Å². The van der Waals surface area contributed by atoms with Crippen LogP contribution in [0.15, 0.2) is 48.5 Å². The normalized spacial score (nSPS) is 10.1. The third kappa shape index (κ3) is 6.22. The molecule has 3 N–H and O–H groups in total. The fourth-order valence-corrected chi connectivity index (χ4v) is 2.23. The third-order valence-electron chi connectivity index (χ3n) is 3.52. The summed E-state index contributed by atoms with van der Waals surface area (Å²) in [6.07, 6.45) is 0.549. The van der Waals surface area contributed by atoms with E-state index in [1.807, 2.05) is 0 Å². The predicted molar refractivity (Wildman–Crippen MR) is 102 cm³/mol. The molecular formula is C19H20ClN3O3. The maximum atomic E-state index is 11.9. The van der Waals surface area contributed by atoms with E-state index >= 15 is 0 Å². The minimum atomic E-state index is -0.259. The van der Waals surface area contributed by atoms with Crippen molar-refractivity contribution in [1.82, 2.24) is 5.32 Å². The molecule has 26 heavy (non-hydrogen) atoms. The molecule has 0 radical (unpaired) electrons. The SMILES string of the molecule is CCC(=O)Nc1ccc(NC(=O)CCNC(=O)c2ccc(Cl)cc2)cc1. The molecule has 0 aromatic heterocycles. The molecule has 7 heteroatoms. The molecule has 2 aromatic rings. The molecule has 0 saturated carbocycles. The molecule has 6 nitrogen and oxygen atoms in total. The van der Waals surface area contributed by atoms with E-state index < -0.39 is 0 Å². The highest BCUT2D eigenvalue weighted by Gasteiger charge is 2.07. The van der Waals surface area contributed by atoms with Crippen LogP contribution in [0.5, 0.6) is 0 Å². The Balaban J connectivity index is 1.75. The van der Waals surface area contributed by atoms with Crippen molar-refractivity contribution in [2.75, 3.05) is 17.2 Å². The summed E-state index contributed by atoms with van der Waals surface area (Å²) in [5.74, 6) is -0.546. The topological polar surface area (TPSA) is 87.3 Å². The summed E-state index contributed by atoms with van der Waals surface area (Å²) in [7, 11) is 0. The average Bonchev–Trinajstić information content (AvgIpc) is 2.63. The van der Waals surface area contributed by atoms with Crippen LogP contribution in [0, 0.1) is 0 Å². The van der Waals surface area contributed by atoms with Crippen molar-refractivity contribution in [3.05, 3.63) is 59.1 Å². The Hall–Kier alpha value is -2.86. The molecule has 0 spiro atoms. The van der Waals surface area contributed by atoms with Gasteiger partial charge in [-0.2, -0.15) is 0 Å². The van der Waals surface area contributed by atoms with Gasteiger partial charge in [-0.25, -0.2) is 0 Å². The van der Waals surface area contributed by atoms with Gasteiger partial charge < -0.3 is 16.0 Å². The molecule has 0 unspecified atom stereocenters. The van der Waals surface area contributed by atoms with Crippen LogP contribution in [0.4, 0.5) is 11.4 Å². The molecule has 0 aliphatic carbocycles. The van der Waals surface area contributed by atoms with Gasteiger partial charge in [-0.1, -0.05) is 18.5 Å². The van der Waals surface area contributed by atoms with Crippen LogP contribution in [0.2, 0.25) is 5.02 Å². The van der Waals surface area contributed by atoms with Gasteiger partial charge in [0.05, 0.1) is 0 Å². The highest BCUT2D eigenvalue weighted by atomic mass is 35.5. The fraction of sp³-hybridized carbons (Fsp3) is 0.211. The van der Waals surface area contributed by atoms with Crippen molar-refractivity contribution in [3.63, 3.8) is 0 Å². The number of anilines is 2. The standard InChI is InChI=1S/C19H20ClN3O3/c1-2-17(24)22-15-7-9-16(10-8-15)23-18(25)11-12-21-19(26)13-3-5-14(20)6-4-13/h3-10H,2,11-12H2,1H3,(H,21,26)(H,22,24)(H,23,25). The Morgan fingerprint density at radius 2 is 1.38 bits per heavy atom. The number of carbonyl (C=O) groups excluding carboxylic acids is 3. The molecule has 0 fully saturated rings. The van der Waals surface area contributed by atoms with Crippen molar-refractivity contribution in [2.45, 2.75) is 19.8 Å². The molecular weight excluding hydrogens is 354 g/mol. The van der Waals surface area contributed by atoms with Gasteiger partial charge in [-0.15, -0.1) is 0 Å². The lowest BCUT2D eigenvalue weighted by Gasteiger charge is -2.08. The van der Waals surface area contributed by atoms with Gasteiger partial charge in [-0.05, 0) is 48.5 Å². The molecule has 0 atom stereocenters. The zero-order valence-corrected chi connectivity index (χ0v) is 15.1. The second-order valence-electron chi connectivity index (χ2n) is 5.54. The van der Waals surface area contributed by atoms with Crippen molar-refractivity contribution < 1.29 is 14.4 Å². The average molecular weight is 374 g/mol. The summed E-state index contributed by atoms with van der Waals surface area (Å²) >= 11 is 5.78. The second-order valence-corrected chi connectivity index (χ2v) is 5.98. The Morgan fingerprint density at radius 3 is 1.92 bits per heavy atom. The summed E-state index contributed by atoms with van der Waals surface area (Å²) in [6, 6.07) is 13.3. The quantitative estimate of drug-likeness (QED) is 0.694. The van der Waals surface area contributed by atoms with Gasteiger partial charge in [0.1, 0.15) is 0 Å². The first kappa shape index (κ1) is 19.5. The largest absolute Gasteiger partial charge is 0.352 e. The first-order valence-electron chi connectivity index (χ1n) is 8.21. The van der Waals surface area contributed by atoms with Gasteiger partial charge in [-0.3, -0.25) is 14.4 Å². The molecule has 136 valence electrons. The first-order chi connectivity index (χ1) is 12.5. The maximum Gasteiger partial charge on any atom is 0.251 e. The monoisotopic (exact) mass is 373 g/mol. The Labute approximate surface area is 156 Å². The molecule has 0 bridgehead atoms. The predicted octanol–water partition coefficient (Wildman–Crippen LogP) is 3.45. The van der Waals surface area contributed by atoms with Crippen LogP contribution >= 0.6 is 11.6 Å². The van der Waals surface area contributed by atoms with E-state index in [1.165, 1.54) is 0 Å². The van der Waals surface area contributed by atoms with Gasteiger partial charge in [0.25, 0.3) is 5.91 Å². The number of hydrogen-bond donors (Lipinski definition) is 3. The molecule has 2 rings (SSSR count). The number of hydrogen-bond acceptors (Lipinski definition) is 3. The third-order valence-corrected chi connectivity index (χ3v) is 3.77. The molecule has 3 amide bonds. The molecule has 0 aliphatic rings. The number of carbonyl (C=O) groups is 3. The highest BCUT2D eigenvalue weighted by Crippen LogP contribution is 2.14.